The first-order chi connectivity index (χ1) is 12.1. The standard InChI is InChI=1S/C22H22O3/c1-15(2)13-18-19(14-16-9-5-3-6-10-16)25-22(24)20(18)21(23)17-11-7-4-8-12-17/h3-12,14-15,21,23H,13H2,1-2H3/b19-14-. The highest BCUT2D eigenvalue weighted by molar-refractivity contribution is 5.96. The Bertz CT molecular complexity index is 802. The van der Waals surface area contributed by atoms with Gasteiger partial charge in [-0.3, -0.25) is 0 Å². The van der Waals surface area contributed by atoms with Crippen molar-refractivity contribution in [3.05, 3.63) is 88.7 Å². The van der Waals surface area contributed by atoms with Crippen LogP contribution in [0.3, 0.4) is 0 Å². The molecule has 2 aromatic rings. The number of allylic oxidation sites excluding steroid dienone is 1. The van der Waals surface area contributed by atoms with E-state index in [9.17, 15) is 9.90 Å². The normalized spacial score (nSPS) is 17.3. The molecule has 1 aliphatic rings. The Morgan fingerprint density at radius 3 is 2.20 bits per heavy atom. The summed E-state index contributed by atoms with van der Waals surface area (Å²) in [6.45, 7) is 4.17. The molecule has 0 saturated carbocycles. The molecule has 1 aliphatic heterocycles. The fourth-order valence-electron chi connectivity index (χ4n) is 2.99. The molecule has 0 radical (unpaired) electrons. The van der Waals surface area contributed by atoms with Gasteiger partial charge in [-0.2, -0.15) is 0 Å². The lowest BCUT2D eigenvalue weighted by Gasteiger charge is -2.13. The van der Waals surface area contributed by atoms with Gasteiger partial charge in [-0.05, 0) is 29.5 Å². The van der Waals surface area contributed by atoms with E-state index in [0.717, 1.165) is 11.1 Å². The van der Waals surface area contributed by atoms with E-state index in [0.29, 0.717) is 29.2 Å². The van der Waals surface area contributed by atoms with E-state index in [2.05, 4.69) is 13.8 Å². The molecule has 3 heteroatoms. The number of carbonyl (C=O) groups excluding carboxylic acids is 1. The third kappa shape index (κ3) is 3.89. The third-order valence-electron chi connectivity index (χ3n) is 4.14. The van der Waals surface area contributed by atoms with Gasteiger partial charge in [0.25, 0.3) is 0 Å². The molecule has 128 valence electrons. The summed E-state index contributed by atoms with van der Waals surface area (Å²) in [7, 11) is 0. The van der Waals surface area contributed by atoms with Crippen molar-refractivity contribution in [2.24, 2.45) is 5.92 Å². The van der Waals surface area contributed by atoms with Gasteiger partial charge < -0.3 is 9.84 Å². The van der Waals surface area contributed by atoms with E-state index < -0.39 is 12.1 Å². The first-order valence-electron chi connectivity index (χ1n) is 8.51. The van der Waals surface area contributed by atoms with Crippen LogP contribution in [0, 0.1) is 5.92 Å². The topological polar surface area (TPSA) is 46.5 Å². The Morgan fingerprint density at radius 1 is 1.00 bits per heavy atom. The molecule has 2 aromatic carbocycles. The van der Waals surface area contributed by atoms with Crippen molar-refractivity contribution < 1.29 is 14.6 Å². The second-order valence-electron chi connectivity index (χ2n) is 6.61. The minimum absolute atomic E-state index is 0.335. The molecule has 3 rings (SSSR count). The van der Waals surface area contributed by atoms with Gasteiger partial charge in [-0.25, -0.2) is 4.79 Å². The van der Waals surface area contributed by atoms with Crippen LogP contribution in [-0.2, 0) is 9.53 Å². The molecular formula is C22H22O3. The number of esters is 1. The molecule has 0 amide bonds. The molecule has 0 fully saturated rings. The zero-order chi connectivity index (χ0) is 17.8. The highest BCUT2D eigenvalue weighted by Crippen LogP contribution is 2.38. The molecule has 0 bridgehead atoms. The van der Waals surface area contributed by atoms with Gasteiger partial charge in [0.1, 0.15) is 11.9 Å². The van der Waals surface area contributed by atoms with Gasteiger partial charge in [0, 0.05) is 5.57 Å². The second kappa shape index (κ2) is 7.49. The smallest absolute Gasteiger partial charge is 0.342 e. The lowest BCUT2D eigenvalue weighted by atomic mass is 9.92. The Hall–Kier alpha value is -2.65. The molecular weight excluding hydrogens is 312 g/mol. The van der Waals surface area contributed by atoms with Crippen LogP contribution in [0.25, 0.3) is 6.08 Å². The van der Waals surface area contributed by atoms with Crippen LogP contribution < -0.4 is 0 Å². The number of hydrogen-bond acceptors (Lipinski definition) is 3. The number of aliphatic hydroxyl groups excluding tert-OH is 1. The maximum absolute atomic E-state index is 12.5. The largest absolute Gasteiger partial charge is 0.423 e. The number of rotatable bonds is 5. The van der Waals surface area contributed by atoms with Crippen molar-refractivity contribution in [3.8, 4) is 0 Å². The monoisotopic (exact) mass is 334 g/mol. The minimum atomic E-state index is -0.982. The van der Waals surface area contributed by atoms with Crippen LogP contribution in [0.15, 0.2) is 77.6 Å². The Morgan fingerprint density at radius 2 is 1.60 bits per heavy atom. The summed E-state index contributed by atoms with van der Waals surface area (Å²) in [6.07, 6.45) is 1.55. The summed E-state index contributed by atoms with van der Waals surface area (Å²) >= 11 is 0. The first kappa shape index (κ1) is 17.2. The lowest BCUT2D eigenvalue weighted by molar-refractivity contribution is -0.134. The lowest BCUT2D eigenvalue weighted by Crippen LogP contribution is -2.10. The molecule has 1 N–H and O–H groups in total. The Balaban J connectivity index is 2.05. The summed E-state index contributed by atoms with van der Waals surface area (Å²) in [6, 6.07) is 19.0. The van der Waals surface area contributed by atoms with Crippen LogP contribution in [-0.4, -0.2) is 11.1 Å². The summed E-state index contributed by atoms with van der Waals surface area (Å²) in [5.41, 5.74) is 2.79. The fourth-order valence-corrected chi connectivity index (χ4v) is 2.99. The average molecular weight is 334 g/mol. The molecule has 25 heavy (non-hydrogen) atoms. The quantitative estimate of drug-likeness (QED) is 0.809. The molecule has 0 aliphatic carbocycles. The number of benzene rings is 2. The number of ether oxygens (including phenoxy) is 1. The van der Waals surface area contributed by atoms with Crippen LogP contribution in [0.4, 0.5) is 0 Å². The van der Waals surface area contributed by atoms with Crippen molar-refractivity contribution in [2.45, 2.75) is 26.4 Å². The van der Waals surface area contributed by atoms with E-state index in [1.54, 1.807) is 0 Å². The molecule has 0 aromatic heterocycles. The molecule has 0 saturated heterocycles. The molecule has 1 unspecified atom stereocenters. The maximum Gasteiger partial charge on any atom is 0.342 e. The number of carbonyl (C=O) groups is 1. The van der Waals surface area contributed by atoms with Crippen LogP contribution in [0.5, 0.6) is 0 Å². The average Bonchev–Trinajstić information content (AvgIpc) is 2.90. The first-order valence-corrected chi connectivity index (χ1v) is 8.51. The van der Waals surface area contributed by atoms with Gasteiger partial charge in [0.2, 0.25) is 0 Å². The number of hydrogen-bond donors (Lipinski definition) is 1. The predicted molar refractivity (Wildman–Crippen MR) is 98.4 cm³/mol. The summed E-state index contributed by atoms with van der Waals surface area (Å²) in [4.78, 5) is 12.5. The maximum atomic E-state index is 12.5. The Labute approximate surface area is 148 Å². The van der Waals surface area contributed by atoms with E-state index in [1.165, 1.54) is 0 Å². The minimum Gasteiger partial charge on any atom is -0.423 e. The van der Waals surface area contributed by atoms with Crippen LogP contribution in [0.2, 0.25) is 0 Å². The molecule has 1 atom stereocenters. The van der Waals surface area contributed by atoms with E-state index in [-0.39, 0.29) is 0 Å². The highest BCUT2D eigenvalue weighted by Gasteiger charge is 2.35. The SMILES string of the molecule is CC(C)CC1=C(C(O)c2ccccc2)C(=O)O/C1=C\c1ccccc1. The third-order valence-corrected chi connectivity index (χ3v) is 4.14. The predicted octanol–water partition coefficient (Wildman–Crippen LogP) is 4.66. The van der Waals surface area contributed by atoms with Crippen LogP contribution in [0.1, 0.15) is 37.5 Å². The van der Waals surface area contributed by atoms with Crippen molar-refractivity contribution in [1.29, 1.82) is 0 Å². The van der Waals surface area contributed by atoms with Crippen molar-refractivity contribution in [3.63, 3.8) is 0 Å². The van der Waals surface area contributed by atoms with Gasteiger partial charge in [0.15, 0.2) is 0 Å². The van der Waals surface area contributed by atoms with E-state index in [1.807, 2.05) is 66.7 Å². The molecule has 0 spiro atoms. The fraction of sp³-hybridized carbons (Fsp3) is 0.227. The van der Waals surface area contributed by atoms with Gasteiger partial charge in [-0.1, -0.05) is 74.5 Å². The molecule has 1 heterocycles. The van der Waals surface area contributed by atoms with Crippen molar-refractivity contribution in [1.82, 2.24) is 0 Å². The summed E-state index contributed by atoms with van der Waals surface area (Å²) < 4.78 is 5.52. The number of aliphatic hydroxyl groups is 1. The van der Waals surface area contributed by atoms with Gasteiger partial charge in [0.05, 0.1) is 5.57 Å². The van der Waals surface area contributed by atoms with Crippen molar-refractivity contribution in [2.75, 3.05) is 0 Å². The zero-order valence-electron chi connectivity index (χ0n) is 14.5. The van der Waals surface area contributed by atoms with E-state index >= 15 is 0 Å². The molecule has 3 nitrogen and oxygen atoms in total. The summed E-state index contributed by atoms with van der Waals surface area (Å²) in [5, 5.41) is 10.8. The van der Waals surface area contributed by atoms with Crippen molar-refractivity contribution >= 4 is 12.0 Å². The Kier molecular flexibility index (Phi) is 5.15. The van der Waals surface area contributed by atoms with Crippen LogP contribution >= 0.6 is 0 Å². The van der Waals surface area contributed by atoms with Gasteiger partial charge in [-0.15, -0.1) is 0 Å². The van der Waals surface area contributed by atoms with Gasteiger partial charge >= 0.3 is 5.97 Å². The van der Waals surface area contributed by atoms with E-state index in [4.69, 9.17) is 4.74 Å². The summed E-state index contributed by atoms with van der Waals surface area (Å²) in [5.74, 6) is 0.408. The second-order valence-corrected chi connectivity index (χ2v) is 6.61. The number of cyclic esters (lactones) is 1. The zero-order valence-corrected chi connectivity index (χ0v) is 14.5. The highest BCUT2D eigenvalue weighted by atomic mass is 16.5.